The molecule has 1 nitrogen and oxygen atoms in total. The van der Waals surface area contributed by atoms with Gasteiger partial charge in [0.2, 0.25) is 0 Å². The lowest BCUT2D eigenvalue weighted by atomic mass is 9.98. The van der Waals surface area contributed by atoms with Gasteiger partial charge in [0.15, 0.2) is 0 Å². The van der Waals surface area contributed by atoms with Crippen molar-refractivity contribution in [3.05, 3.63) is 68.1 Å². The first kappa shape index (κ1) is 15.7. The zero-order valence-corrected chi connectivity index (χ0v) is 15.0. The molecule has 2 rings (SSSR count). The summed E-state index contributed by atoms with van der Waals surface area (Å²) in [4.78, 5) is 0. The summed E-state index contributed by atoms with van der Waals surface area (Å²) in [5.74, 6) is 0. The zero-order valence-electron chi connectivity index (χ0n) is 11.8. The van der Waals surface area contributed by atoms with Gasteiger partial charge in [-0.2, -0.15) is 0 Å². The van der Waals surface area contributed by atoms with Crippen LogP contribution < -0.4 is 5.32 Å². The Morgan fingerprint density at radius 1 is 1.00 bits per heavy atom. The van der Waals surface area contributed by atoms with E-state index < -0.39 is 0 Å². The monoisotopic (exact) mass is 395 g/mol. The van der Waals surface area contributed by atoms with E-state index in [0.717, 1.165) is 21.9 Å². The van der Waals surface area contributed by atoms with E-state index in [0.29, 0.717) is 6.04 Å². The Balaban J connectivity index is 2.23. The largest absolute Gasteiger partial charge is 0.310 e. The summed E-state index contributed by atoms with van der Waals surface area (Å²) >= 11 is 7.14. The third-order valence-corrected chi connectivity index (χ3v) is 4.21. The maximum absolute atomic E-state index is 3.57. The van der Waals surface area contributed by atoms with Gasteiger partial charge in [-0.25, -0.2) is 0 Å². The van der Waals surface area contributed by atoms with Crippen LogP contribution in [0.25, 0.3) is 0 Å². The smallest absolute Gasteiger partial charge is 0.0361 e. The van der Waals surface area contributed by atoms with Crippen LogP contribution in [0.1, 0.15) is 29.7 Å². The summed E-state index contributed by atoms with van der Waals surface area (Å²) in [6.07, 6.45) is 0.997. The third-order valence-electron chi connectivity index (χ3n) is 3.30. The number of benzene rings is 2. The minimum Gasteiger partial charge on any atom is -0.310 e. The molecule has 0 saturated carbocycles. The Labute approximate surface area is 138 Å². The van der Waals surface area contributed by atoms with Crippen LogP contribution in [-0.2, 0) is 6.42 Å². The van der Waals surface area contributed by atoms with Crippen molar-refractivity contribution in [1.82, 2.24) is 5.32 Å². The van der Waals surface area contributed by atoms with Crippen LogP contribution in [0.2, 0.25) is 0 Å². The molecule has 1 atom stereocenters. The molecular weight excluding hydrogens is 378 g/mol. The van der Waals surface area contributed by atoms with Crippen molar-refractivity contribution >= 4 is 31.9 Å². The first-order chi connectivity index (χ1) is 9.58. The molecule has 0 spiro atoms. The summed E-state index contributed by atoms with van der Waals surface area (Å²) in [6.45, 7) is 5.23. The molecule has 3 heteroatoms. The van der Waals surface area contributed by atoms with E-state index in [1.54, 1.807) is 0 Å². The molecule has 0 aliphatic rings. The molecule has 0 amide bonds. The number of likely N-dealkylation sites (N-methyl/N-ethyl adjacent to an activating group) is 1. The highest BCUT2D eigenvalue weighted by atomic mass is 79.9. The topological polar surface area (TPSA) is 12.0 Å². The van der Waals surface area contributed by atoms with Gasteiger partial charge in [0, 0.05) is 15.0 Å². The van der Waals surface area contributed by atoms with E-state index in [2.05, 4.69) is 93.5 Å². The predicted molar refractivity (Wildman–Crippen MR) is 93.1 cm³/mol. The molecule has 0 radical (unpaired) electrons. The van der Waals surface area contributed by atoms with Crippen molar-refractivity contribution in [3.8, 4) is 0 Å². The van der Waals surface area contributed by atoms with E-state index in [9.17, 15) is 0 Å². The quantitative estimate of drug-likeness (QED) is 0.711. The normalized spacial score (nSPS) is 12.4. The van der Waals surface area contributed by atoms with Gasteiger partial charge in [0.25, 0.3) is 0 Å². The summed E-state index contributed by atoms with van der Waals surface area (Å²) in [5, 5.41) is 3.57. The molecule has 0 saturated heterocycles. The van der Waals surface area contributed by atoms with Crippen molar-refractivity contribution < 1.29 is 0 Å². The van der Waals surface area contributed by atoms with E-state index in [1.807, 2.05) is 0 Å². The Morgan fingerprint density at radius 2 is 1.60 bits per heavy atom. The van der Waals surface area contributed by atoms with Crippen molar-refractivity contribution in [2.24, 2.45) is 0 Å². The summed E-state index contributed by atoms with van der Waals surface area (Å²) in [5.41, 5.74) is 3.96. The predicted octanol–water partition coefficient (Wildman–Crippen LogP) is 5.41. The average molecular weight is 397 g/mol. The molecule has 0 aliphatic heterocycles. The van der Waals surface area contributed by atoms with Crippen LogP contribution in [0, 0.1) is 6.92 Å². The van der Waals surface area contributed by atoms with E-state index >= 15 is 0 Å². The van der Waals surface area contributed by atoms with Crippen molar-refractivity contribution in [1.29, 1.82) is 0 Å². The second-order valence-corrected chi connectivity index (χ2v) is 6.83. The highest BCUT2D eigenvalue weighted by Gasteiger charge is 2.12. The Hall–Kier alpha value is -0.640. The van der Waals surface area contributed by atoms with Gasteiger partial charge in [-0.15, -0.1) is 0 Å². The molecule has 0 heterocycles. The first-order valence-electron chi connectivity index (χ1n) is 6.83. The maximum Gasteiger partial charge on any atom is 0.0361 e. The molecule has 2 aromatic carbocycles. The van der Waals surface area contributed by atoms with Crippen molar-refractivity contribution in [3.63, 3.8) is 0 Å². The lowest BCUT2D eigenvalue weighted by molar-refractivity contribution is 0.549. The third kappa shape index (κ3) is 4.44. The first-order valence-corrected chi connectivity index (χ1v) is 8.42. The number of aryl methyl sites for hydroxylation is 1. The van der Waals surface area contributed by atoms with Gasteiger partial charge in [-0.1, -0.05) is 68.6 Å². The lowest BCUT2D eigenvalue weighted by Crippen LogP contribution is -2.23. The average Bonchev–Trinajstić information content (AvgIpc) is 2.39. The highest BCUT2D eigenvalue weighted by molar-refractivity contribution is 9.11. The number of hydrogen-bond acceptors (Lipinski definition) is 1. The number of nitrogens with one attached hydrogen (secondary N) is 1. The SMILES string of the molecule is CCNC(Cc1ccc(C)cc1)c1cc(Br)cc(Br)c1. The second kappa shape index (κ2) is 7.39. The number of rotatable bonds is 5. The molecule has 2 aromatic rings. The van der Waals surface area contributed by atoms with Crippen LogP contribution >= 0.6 is 31.9 Å². The molecule has 0 aromatic heterocycles. The standard InChI is InChI=1S/C17H19Br2N/c1-3-20-17(8-13-6-4-12(2)5-7-13)14-9-15(18)11-16(19)10-14/h4-7,9-11,17,20H,3,8H2,1-2H3. The number of hydrogen-bond donors (Lipinski definition) is 1. The zero-order chi connectivity index (χ0) is 14.5. The van der Waals surface area contributed by atoms with E-state index in [1.165, 1.54) is 16.7 Å². The summed E-state index contributed by atoms with van der Waals surface area (Å²) in [7, 11) is 0. The maximum atomic E-state index is 3.57. The fraction of sp³-hybridized carbons (Fsp3) is 0.294. The van der Waals surface area contributed by atoms with Crippen LogP contribution in [-0.4, -0.2) is 6.54 Å². The van der Waals surface area contributed by atoms with Crippen LogP contribution in [0.15, 0.2) is 51.4 Å². The number of halogens is 2. The van der Waals surface area contributed by atoms with E-state index in [-0.39, 0.29) is 0 Å². The Bertz CT molecular complexity index is 543. The van der Waals surface area contributed by atoms with E-state index in [4.69, 9.17) is 0 Å². The molecule has 0 fully saturated rings. The van der Waals surface area contributed by atoms with Crippen molar-refractivity contribution in [2.45, 2.75) is 26.3 Å². The fourth-order valence-electron chi connectivity index (χ4n) is 2.29. The second-order valence-electron chi connectivity index (χ2n) is 5.00. The minimum absolute atomic E-state index is 0.330. The molecule has 20 heavy (non-hydrogen) atoms. The van der Waals surface area contributed by atoms with Gasteiger partial charge in [-0.05, 0) is 49.2 Å². The van der Waals surface area contributed by atoms with Crippen molar-refractivity contribution in [2.75, 3.05) is 6.54 Å². The Morgan fingerprint density at radius 3 is 2.15 bits per heavy atom. The fourth-order valence-corrected chi connectivity index (χ4v) is 3.62. The van der Waals surface area contributed by atoms with Crippen LogP contribution in [0.3, 0.4) is 0 Å². The molecule has 0 aliphatic carbocycles. The van der Waals surface area contributed by atoms with Gasteiger partial charge in [0.05, 0.1) is 0 Å². The summed E-state index contributed by atoms with van der Waals surface area (Å²) < 4.78 is 2.21. The van der Waals surface area contributed by atoms with Crippen LogP contribution in [0.4, 0.5) is 0 Å². The van der Waals surface area contributed by atoms with Gasteiger partial charge in [-0.3, -0.25) is 0 Å². The molecule has 1 unspecified atom stereocenters. The molecule has 106 valence electrons. The van der Waals surface area contributed by atoms with Crippen LogP contribution in [0.5, 0.6) is 0 Å². The molecule has 1 N–H and O–H groups in total. The molecular formula is C17H19Br2N. The Kier molecular flexibility index (Phi) is 5.82. The lowest BCUT2D eigenvalue weighted by Gasteiger charge is -2.19. The minimum atomic E-state index is 0.330. The van der Waals surface area contributed by atoms with Gasteiger partial charge < -0.3 is 5.32 Å². The van der Waals surface area contributed by atoms with Gasteiger partial charge >= 0.3 is 0 Å². The highest BCUT2D eigenvalue weighted by Crippen LogP contribution is 2.26. The summed E-state index contributed by atoms with van der Waals surface area (Å²) in [6, 6.07) is 15.6. The molecule has 0 bridgehead atoms. The van der Waals surface area contributed by atoms with Gasteiger partial charge in [0.1, 0.15) is 0 Å².